The van der Waals surface area contributed by atoms with E-state index in [1.54, 1.807) is 38.0 Å². The van der Waals surface area contributed by atoms with Crippen LogP contribution < -0.4 is 4.74 Å². The minimum absolute atomic E-state index is 0.0872. The second kappa shape index (κ2) is 9.76. The van der Waals surface area contributed by atoms with Crippen molar-refractivity contribution in [3.63, 3.8) is 0 Å². The van der Waals surface area contributed by atoms with Crippen molar-refractivity contribution >= 4 is 17.4 Å². The van der Waals surface area contributed by atoms with Gasteiger partial charge in [-0.3, -0.25) is 19.6 Å². The number of ether oxygens (including phenoxy) is 2. The fourth-order valence-corrected chi connectivity index (χ4v) is 4.57. The van der Waals surface area contributed by atoms with Gasteiger partial charge in [0.2, 0.25) is 0 Å². The number of Topliss-reactive ketones (excluding diaryl/α,β-unsaturated/α-hetero) is 1. The predicted molar refractivity (Wildman–Crippen MR) is 122 cm³/mol. The van der Waals surface area contributed by atoms with Crippen LogP contribution in [0.15, 0.2) is 29.8 Å². The topological polar surface area (TPSA) is 108 Å². The Morgan fingerprint density at radius 3 is 2.48 bits per heavy atom. The third-order valence-electron chi connectivity index (χ3n) is 6.31. The molecule has 3 heterocycles. The Hall–Kier alpha value is -3.17. The van der Waals surface area contributed by atoms with Crippen LogP contribution in [0.1, 0.15) is 35.0 Å². The molecule has 0 saturated carbocycles. The molecule has 33 heavy (non-hydrogen) atoms. The molecular formula is C24H30N4O5. The van der Waals surface area contributed by atoms with Gasteiger partial charge >= 0.3 is 0 Å². The van der Waals surface area contributed by atoms with Crippen molar-refractivity contribution < 1.29 is 24.2 Å². The Balaban J connectivity index is 1.69. The van der Waals surface area contributed by atoms with Crippen molar-refractivity contribution in [1.29, 1.82) is 0 Å². The molecule has 1 aromatic heterocycles. The zero-order valence-corrected chi connectivity index (χ0v) is 19.3. The second-order valence-corrected chi connectivity index (χ2v) is 8.38. The minimum Gasteiger partial charge on any atom is -0.507 e. The number of morpholine rings is 1. The molecule has 2 aliphatic heterocycles. The second-order valence-electron chi connectivity index (χ2n) is 8.38. The van der Waals surface area contributed by atoms with Crippen LogP contribution in [0.5, 0.6) is 5.75 Å². The third-order valence-corrected chi connectivity index (χ3v) is 6.31. The van der Waals surface area contributed by atoms with E-state index in [1.165, 1.54) is 0 Å². The van der Waals surface area contributed by atoms with Crippen molar-refractivity contribution in [3.05, 3.63) is 52.4 Å². The summed E-state index contributed by atoms with van der Waals surface area (Å²) in [6, 6.07) is 6.54. The highest BCUT2D eigenvalue weighted by Crippen LogP contribution is 2.40. The van der Waals surface area contributed by atoms with Gasteiger partial charge in [0.1, 0.15) is 11.5 Å². The van der Waals surface area contributed by atoms with Crippen LogP contribution in [0.4, 0.5) is 0 Å². The Kier molecular flexibility index (Phi) is 6.80. The first kappa shape index (κ1) is 23.0. The van der Waals surface area contributed by atoms with Gasteiger partial charge in [-0.15, -0.1) is 0 Å². The number of benzene rings is 1. The van der Waals surface area contributed by atoms with E-state index in [0.717, 1.165) is 25.2 Å². The number of hydrogen-bond acceptors (Lipinski definition) is 7. The summed E-state index contributed by atoms with van der Waals surface area (Å²) in [7, 11) is 1.58. The number of H-pyrrole nitrogens is 1. The van der Waals surface area contributed by atoms with E-state index >= 15 is 0 Å². The lowest BCUT2D eigenvalue weighted by molar-refractivity contribution is -0.140. The Bertz CT molecular complexity index is 1030. The molecular weight excluding hydrogens is 424 g/mol. The van der Waals surface area contributed by atoms with Crippen LogP contribution in [0.2, 0.25) is 0 Å². The summed E-state index contributed by atoms with van der Waals surface area (Å²) in [5.41, 5.74) is 2.49. The molecule has 0 aliphatic carbocycles. The third kappa shape index (κ3) is 4.51. The summed E-state index contributed by atoms with van der Waals surface area (Å²) in [4.78, 5) is 30.1. The number of aliphatic hydroxyl groups excluding tert-OH is 1. The van der Waals surface area contributed by atoms with E-state index in [0.29, 0.717) is 48.9 Å². The SMILES string of the molecule is COc1ccc([C@H]2C(=C(O)c3c(C)n[nH]c3C)C(=O)C(=O)N2CCCN2CCOCC2)cc1. The zero-order valence-electron chi connectivity index (χ0n) is 19.3. The first-order chi connectivity index (χ1) is 15.9. The number of carbonyl (C=O) groups is 2. The van der Waals surface area contributed by atoms with E-state index in [4.69, 9.17) is 9.47 Å². The number of aryl methyl sites for hydroxylation is 2. The van der Waals surface area contributed by atoms with Crippen LogP contribution in [-0.4, -0.2) is 83.3 Å². The van der Waals surface area contributed by atoms with E-state index in [2.05, 4.69) is 15.1 Å². The number of aliphatic hydroxyl groups is 1. The van der Waals surface area contributed by atoms with E-state index in [9.17, 15) is 14.7 Å². The van der Waals surface area contributed by atoms with E-state index in [-0.39, 0.29) is 11.3 Å². The van der Waals surface area contributed by atoms with Gasteiger partial charge < -0.3 is 19.5 Å². The van der Waals surface area contributed by atoms with Crippen molar-refractivity contribution in [1.82, 2.24) is 20.0 Å². The van der Waals surface area contributed by atoms with Crippen LogP contribution in [0, 0.1) is 13.8 Å². The lowest BCUT2D eigenvalue weighted by atomic mass is 9.94. The molecule has 1 atom stereocenters. The van der Waals surface area contributed by atoms with Gasteiger partial charge in [0.25, 0.3) is 11.7 Å². The molecule has 9 nitrogen and oxygen atoms in total. The number of methoxy groups -OCH3 is 1. The standard InChI is InChI=1S/C24H30N4O5/c1-15-19(16(2)26-25-15)22(29)20-21(17-5-7-18(32-3)8-6-17)28(24(31)23(20)30)10-4-9-27-11-13-33-14-12-27/h5-8,21,29H,4,9-14H2,1-3H3,(H,25,26)/t21-/m0/s1. The Morgan fingerprint density at radius 1 is 1.18 bits per heavy atom. The number of amides is 1. The molecule has 0 spiro atoms. The van der Waals surface area contributed by atoms with E-state index in [1.807, 2.05) is 12.1 Å². The van der Waals surface area contributed by atoms with Gasteiger partial charge in [-0.05, 0) is 38.0 Å². The molecule has 2 fully saturated rings. The Labute approximate surface area is 193 Å². The smallest absolute Gasteiger partial charge is 0.295 e. The van der Waals surface area contributed by atoms with Gasteiger partial charge in [0.15, 0.2) is 0 Å². The largest absolute Gasteiger partial charge is 0.507 e. The molecule has 0 radical (unpaired) electrons. The maximum absolute atomic E-state index is 13.2. The van der Waals surface area contributed by atoms with Crippen LogP contribution >= 0.6 is 0 Å². The summed E-state index contributed by atoms with van der Waals surface area (Å²) in [6.45, 7) is 7.87. The molecule has 2 aromatic rings. The number of ketones is 1. The first-order valence-corrected chi connectivity index (χ1v) is 11.2. The molecule has 1 aromatic carbocycles. The molecule has 1 amide bonds. The summed E-state index contributed by atoms with van der Waals surface area (Å²) in [5, 5.41) is 18.2. The highest BCUT2D eigenvalue weighted by atomic mass is 16.5. The molecule has 0 unspecified atom stereocenters. The lowest BCUT2D eigenvalue weighted by Crippen LogP contribution is -2.38. The van der Waals surface area contributed by atoms with Crippen LogP contribution in [-0.2, 0) is 14.3 Å². The normalized spacial score (nSPS) is 21.1. The van der Waals surface area contributed by atoms with Crippen molar-refractivity contribution in [2.24, 2.45) is 0 Å². The molecule has 4 rings (SSSR count). The number of hydrogen-bond donors (Lipinski definition) is 2. The quantitative estimate of drug-likeness (QED) is 0.375. The van der Waals surface area contributed by atoms with Crippen molar-refractivity contribution in [2.45, 2.75) is 26.3 Å². The maximum Gasteiger partial charge on any atom is 0.295 e. The van der Waals surface area contributed by atoms with Crippen molar-refractivity contribution in [2.75, 3.05) is 46.5 Å². The van der Waals surface area contributed by atoms with Gasteiger partial charge in [-0.2, -0.15) is 5.10 Å². The number of aromatic amines is 1. The highest BCUT2D eigenvalue weighted by Gasteiger charge is 2.46. The van der Waals surface area contributed by atoms with Crippen molar-refractivity contribution in [3.8, 4) is 5.75 Å². The number of likely N-dealkylation sites (tertiary alicyclic amines) is 1. The maximum atomic E-state index is 13.2. The lowest BCUT2D eigenvalue weighted by Gasteiger charge is -2.29. The number of nitrogens with one attached hydrogen (secondary N) is 1. The Morgan fingerprint density at radius 2 is 1.88 bits per heavy atom. The summed E-state index contributed by atoms with van der Waals surface area (Å²) >= 11 is 0. The fourth-order valence-electron chi connectivity index (χ4n) is 4.57. The highest BCUT2D eigenvalue weighted by molar-refractivity contribution is 6.46. The predicted octanol–water partition coefficient (Wildman–Crippen LogP) is 2.18. The minimum atomic E-state index is -0.686. The monoisotopic (exact) mass is 454 g/mol. The summed E-state index contributed by atoms with van der Waals surface area (Å²) in [5.74, 6) is -0.809. The fraction of sp³-hybridized carbons (Fsp3) is 0.458. The summed E-state index contributed by atoms with van der Waals surface area (Å²) in [6.07, 6.45) is 0.712. The van der Waals surface area contributed by atoms with Gasteiger partial charge in [0.05, 0.1) is 43.2 Å². The van der Waals surface area contributed by atoms with Crippen LogP contribution in [0.3, 0.4) is 0 Å². The van der Waals surface area contributed by atoms with Gasteiger partial charge in [0, 0.05) is 31.9 Å². The number of aromatic nitrogens is 2. The van der Waals surface area contributed by atoms with Crippen LogP contribution in [0.25, 0.3) is 5.76 Å². The number of carbonyl (C=O) groups excluding carboxylic acids is 2. The van der Waals surface area contributed by atoms with Gasteiger partial charge in [-0.25, -0.2) is 0 Å². The zero-order chi connectivity index (χ0) is 23.5. The first-order valence-electron chi connectivity index (χ1n) is 11.2. The summed E-state index contributed by atoms with van der Waals surface area (Å²) < 4.78 is 10.7. The number of rotatable bonds is 7. The molecule has 0 bridgehead atoms. The molecule has 176 valence electrons. The average Bonchev–Trinajstić information content (AvgIpc) is 3.30. The molecule has 9 heteroatoms. The average molecular weight is 455 g/mol. The molecule has 2 aliphatic rings. The van der Waals surface area contributed by atoms with Gasteiger partial charge in [-0.1, -0.05) is 12.1 Å². The molecule has 2 saturated heterocycles. The number of nitrogens with zero attached hydrogens (tertiary/aromatic N) is 3. The van der Waals surface area contributed by atoms with E-state index < -0.39 is 17.7 Å². The molecule has 2 N–H and O–H groups in total.